The van der Waals surface area contributed by atoms with Crippen LogP contribution in [0.5, 0.6) is 0 Å². The minimum Gasteiger partial charge on any atom is -0.307 e. The number of benzene rings is 1. The smallest absolute Gasteiger partial charge is 0.0296 e. The lowest BCUT2D eigenvalue weighted by molar-refractivity contribution is 0.402. The molecule has 0 fully saturated rings. The zero-order valence-corrected chi connectivity index (χ0v) is 11.8. The van der Waals surface area contributed by atoms with E-state index in [1.807, 2.05) is 0 Å². The highest BCUT2D eigenvalue weighted by atomic mass is 14.9. The first kappa shape index (κ1) is 14.2. The molecule has 0 aliphatic heterocycles. The maximum Gasteiger partial charge on any atom is 0.0296 e. The Morgan fingerprint density at radius 1 is 1.06 bits per heavy atom. The Morgan fingerprint density at radius 3 is 2.18 bits per heavy atom. The molecule has 0 bridgehead atoms. The monoisotopic (exact) mass is 233 g/mol. The van der Waals surface area contributed by atoms with Gasteiger partial charge in [-0.3, -0.25) is 0 Å². The molecule has 0 spiro atoms. The van der Waals surface area contributed by atoms with E-state index in [-0.39, 0.29) is 0 Å². The van der Waals surface area contributed by atoms with E-state index < -0.39 is 0 Å². The summed E-state index contributed by atoms with van der Waals surface area (Å²) in [5.74, 6) is 0. The third kappa shape index (κ3) is 4.51. The second-order valence-corrected chi connectivity index (χ2v) is 5.02. The third-order valence-electron chi connectivity index (χ3n) is 3.41. The van der Waals surface area contributed by atoms with Crippen molar-refractivity contribution in [3.05, 3.63) is 35.4 Å². The number of aryl methyl sites for hydroxylation is 1. The van der Waals surface area contributed by atoms with Crippen LogP contribution in [0.2, 0.25) is 0 Å². The van der Waals surface area contributed by atoms with Crippen LogP contribution in [0.25, 0.3) is 0 Å². The van der Waals surface area contributed by atoms with Gasteiger partial charge in [0.25, 0.3) is 0 Å². The molecule has 0 aliphatic rings. The van der Waals surface area contributed by atoms with Crippen LogP contribution in [0, 0.1) is 6.92 Å². The zero-order chi connectivity index (χ0) is 12.7. The van der Waals surface area contributed by atoms with Crippen molar-refractivity contribution >= 4 is 0 Å². The summed E-state index contributed by atoms with van der Waals surface area (Å²) in [4.78, 5) is 0. The Kier molecular flexibility index (Phi) is 6.28. The van der Waals surface area contributed by atoms with Gasteiger partial charge in [-0.15, -0.1) is 0 Å². The molecule has 1 N–H and O–H groups in total. The topological polar surface area (TPSA) is 12.0 Å². The lowest BCUT2D eigenvalue weighted by Crippen LogP contribution is -2.31. The minimum atomic E-state index is 0.458. The maximum absolute atomic E-state index is 3.78. The van der Waals surface area contributed by atoms with Gasteiger partial charge in [0.05, 0.1) is 0 Å². The van der Waals surface area contributed by atoms with Crippen LogP contribution in [0.3, 0.4) is 0 Å². The van der Waals surface area contributed by atoms with Crippen molar-refractivity contribution in [3.63, 3.8) is 0 Å². The van der Waals surface area contributed by atoms with Crippen LogP contribution < -0.4 is 5.32 Å². The molecule has 1 aromatic carbocycles. The van der Waals surface area contributed by atoms with E-state index in [0.717, 1.165) is 0 Å². The summed E-state index contributed by atoms with van der Waals surface area (Å²) < 4.78 is 0. The van der Waals surface area contributed by atoms with Gasteiger partial charge in [-0.2, -0.15) is 0 Å². The predicted octanol–water partition coefficient (Wildman–Crippen LogP) is 4.61. The van der Waals surface area contributed by atoms with E-state index in [1.165, 1.54) is 36.8 Å². The van der Waals surface area contributed by atoms with Crippen LogP contribution in [0.15, 0.2) is 24.3 Å². The lowest BCUT2D eigenvalue weighted by atomic mass is 9.99. The summed E-state index contributed by atoms with van der Waals surface area (Å²) in [5.41, 5.74) is 2.82. The van der Waals surface area contributed by atoms with Gasteiger partial charge < -0.3 is 5.32 Å². The van der Waals surface area contributed by atoms with Crippen molar-refractivity contribution in [2.75, 3.05) is 0 Å². The molecule has 1 nitrogen and oxygen atoms in total. The summed E-state index contributed by atoms with van der Waals surface area (Å²) in [6, 6.07) is 9.80. The lowest BCUT2D eigenvalue weighted by Gasteiger charge is -2.24. The highest BCUT2D eigenvalue weighted by molar-refractivity contribution is 5.28. The molecule has 0 saturated carbocycles. The summed E-state index contributed by atoms with van der Waals surface area (Å²) in [6.07, 6.45) is 5.09. The van der Waals surface area contributed by atoms with Gasteiger partial charge in [-0.25, -0.2) is 0 Å². The standard InChI is InChI=1S/C16H27N/c1-5-9-15(10-6-2)17-14(4)16-12-8-7-11-13(16)3/h7-8,11-12,14-15,17H,5-6,9-10H2,1-4H3. The van der Waals surface area contributed by atoms with Gasteiger partial charge >= 0.3 is 0 Å². The van der Waals surface area contributed by atoms with Crippen LogP contribution in [-0.4, -0.2) is 6.04 Å². The average molecular weight is 233 g/mol. The molecular weight excluding hydrogens is 206 g/mol. The van der Waals surface area contributed by atoms with Crippen molar-refractivity contribution < 1.29 is 0 Å². The van der Waals surface area contributed by atoms with Crippen LogP contribution in [0.4, 0.5) is 0 Å². The summed E-state index contributed by atoms with van der Waals surface area (Å²) in [7, 11) is 0. The normalized spacial score (nSPS) is 13.0. The fourth-order valence-corrected chi connectivity index (χ4v) is 2.52. The molecular formula is C16H27N. The fourth-order valence-electron chi connectivity index (χ4n) is 2.52. The molecule has 1 aromatic rings. The van der Waals surface area contributed by atoms with E-state index in [2.05, 4.69) is 57.3 Å². The van der Waals surface area contributed by atoms with Gasteiger partial charge in [-0.05, 0) is 37.8 Å². The Bertz CT molecular complexity index is 313. The molecule has 96 valence electrons. The molecule has 0 aromatic heterocycles. The van der Waals surface area contributed by atoms with Gasteiger partial charge in [0.15, 0.2) is 0 Å². The molecule has 1 rings (SSSR count). The zero-order valence-electron chi connectivity index (χ0n) is 11.8. The Morgan fingerprint density at radius 2 is 1.65 bits per heavy atom. The summed E-state index contributed by atoms with van der Waals surface area (Å²) >= 11 is 0. The molecule has 17 heavy (non-hydrogen) atoms. The first-order valence-electron chi connectivity index (χ1n) is 7.00. The van der Waals surface area contributed by atoms with Crippen LogP contribution in [-0.2, 0) is 0 Å². The Labute approximate surface area is 107 Å². The quantitative estimate of drug-likeness (QED) is 0.725. The molecule has 0 saturated heterocycles. The average Bonchev–Trinajstić information content (AvgIpc) is 2.30. The first-order valence-corrected chi connectivity index (χ1v) is 7.00. The highest BCUT2D eigenvalue weighted by Crippen LogP contribution is 2.19. The third-order valence-corrected chi connectivity index (χ3v) is 3.41. The van der Waals surface area contributed by atoms with Gasteiger partial charge in [-0.1, -0.05) is 51.0 Å². The van der Waals surface area contributed by atoms with Crippen molar-refractivity contribution in [1.82, 2.24) is 5.32 Å². The molecule has 1 heteroatoms. The van der Waals surface area contributed by atoms with Crippen molar-refractivity contribution in [1.29, 1.82) is 0 Å². The number of rotatable bonds is 7. The van der Waals surface area contributed by atoms with Gasteiger partial charge in [0.1, 0.15) is 0 Å². The largest absolute Gasteiger partial charge is 0.307 e. The molecule has 1 atom stereocenters. The van der Waals surface area contributed by atoms with E-state index in [0.29, 0.717) is 12.1 Å². The predicted molar refractivity (Wildman–Crippen MR) is 76.3 cm³/mol. The van der Waals surface area contributed by atoms with Crippen molar-refractivity contribution in [3.8, 4) is 0 Å². The number of nitrogens with one attached hydrogen (secondary N) is 1. The summed E-state index contributed by atoms with van der Waals surface area (Å²) in [6.45, 7) is 9.01. The SMILES string of the molecule is CCCC(CCC)NC(C)c1ccccc1C. The molecule has 1 unspecified atom stereocenters. The number of hydrogen-bond donors (Lipinski definition) is 1. The minimum absolute atomic E-state index is 0.458. The molecule has 0 heterocycles. The van der Waals surface area contributed by atoms with Crippen molar-refractivity contribution in [2.24, 2.45) is 0 Å². The first-order chi connectivity index (χ1) is 8.19. The fraction of sp³-hybridized carbons (Fsp3) is 0.625. The Balaban J connectivity index is 2.63. The number of hydrogen-bond acceptors (Lipinski definition) is 1. The summed E-state index contributed by atoms with van der Waals surface area (Å²) in [5, 5.41) is 3.78. The van der Waals surface area contributed by atoms with Gasteiger partial charge in [0.2, 0.25) is 0 Å². The van der Waals surface area contributed by atoms with Crippen molar-refractivity contribution in [2.45, 2.75) is 65.5 Å². The van der Waals surface area contributed by atoms with Crippen LogP contribution >= 0.6 is 0 Å². The van der Waals surface area contributed by atoms with E-state index >= 15 is 0 Å². The Hall–Kier alpha value is -0.820. The maximum atomic E-state index is 3.78. The van der Waals surface area contributed by atoms with E-state index in [1.54, 1.807) is 0 Å². The van der Waals surface area contributed by atoms with Gasteiger partial charge in [0, 0.05) is 12.1 Å². The van der Waals surface area contributed by atoms with E-state index in [9.17, 15) is 0 Å². The highest BCUT2D eigenvalue weighted by Gasteiger charge is 2.13. The van der Waals surface area contributed by atoms with Crippen LogP contribution in [0.1, 0.15) is 63.6 Å². The molecule has 0 aliphatic carbocycles. The van der Waals surface area contributed by atoms with E-state index in [4.69, 9.17) is 0 Å². The second kappa shape index (κ2) is 7.50. The molecule has 0 amide bonds. The molecule has 0 radical (unpaired) electrons. The second-order valence-electron chi connectivity index (χ2n) is 5.02.